The van der Waals surface area contributed by atoms with Crippen molar-refractivity contribution < 1.29 is 14.1 Å². The highest BCUT2D eigenvalue weighted by Gasteiger charge is 2.14. The number of carbonyl (C=O) groups excluding carboxylic acids is 1. The summed E-state index contributed by atoms with van der Waals surface area (Å²) in [7, 11) is 1.44. The molecular weight excluding hydrogens is 294 g/mol. The van der Waals surface area contributed by atoms with Crippen molar-refractivity contribution in [3.05, 3.63) is 35.2 Å². The van der Waals surface area contributed by atoms with E-state index in [1.807, 2.05) is 17.5 Å². The summed E-state index contributed by atoms with van der Waals surface area (Å²) in [6, 6.07) is 5.26. The Morgan fingerprint density at radius 3 is 3.19 bits per heavy atom. The van der Waals surface area contributed by atoms with E-state index in [0.717, 1.165) is 4.88 Å². The molecule has 1 amide bonds. The monoisotopic (exact) mass is 305 g/mol. The van der Waals surface area contributed by atoms with Crippen LogP contribution in [0, 0.1) is 0 Å². The fourth-order valence-electron chi connectivity index (χ4n) is 1.60. The van der Waals surface area contributed by atoms with Gasteiger partial charge in [-0.05, 0) is 16.6 Å². The largest absolute Gasteiger partial charge is 0.479 e. The molecule has 0 unspecified atom stereocenters. The van der Waals surface area contributed by atoms with Crippen molar-refractivity contribution in [2.24, 2.45) is 0 Å². The van der Waals surface area contributed by atoms with Crippen molar-refractivity contribution in [2.45, 2.75) is 6.54 Å². The number of nitrogens with one attached hydrogen (secondary N) is 2. The molecule has 0 saturated carbocycles. The van der Waals surface area contributed by atoms with Gasteiger partial charge in [-0.1, -0.05) is 6.07 Å². The van der Waals surface area contributed by atoms with E-state index < -0.39 is 5.91 Å². The Labute approximate surface area is 123 Å². The van der Waals surface area contributed by atoms with E-state index in [0.29, 0.717) is 11.6 Å². The quantitative estimate of drug-likeness (QED) is 0.739. The van der Waals surface area contributed by atoms with Crippen LogP contribution in [0.3, 0.4) is 0 Å². The van der Waals surface area contributed by atoms with Gasteiger partial charge < -0.3 is 14.6 Å². The summed E-state index contributed by atoms with van der Waals surface area (Å²) >= 11 is 1.55. The third-order valence-electron chi connectivity index (χ3n) is 2.61. The van der Waals surface area contributed by atoms with Crippen molar-refractivity contribution in [1.82, 2.24) is 25.7 Å². The third kappa shape index (κ3) is 2.92. The number of nitrogens with zero attached hydrogens (tertiary/aromatic N) is 3. The summed E-state index contributed by atoms with van der Waals surface area (Å²) in [5.41, 5.74) is 0. The van der Waals surface area contributed by atoms with E-state index >= 15 is 0 Å². The van der Waals surface area contributed by atoms with Crippen molar-refractivity contribution in [3.8, 4) is 16.6 Å². The van der Waals surface area contributed by atoms with Gasteiger partial charge in [-0.3, -0.25) is 9.89 Å². The van der Waals surface area contributed by atoms with Gasteiger partial charge in [0, 0.05) is 0 Å². The Bertz CT molecular complexity index is 734. The smallest absolute Gasteiger partial charge is 0.290 e. The SMILES string of the molecule is COc1cc(C(=O)NCc2nc(-c3cccs3)n[nH]2)on1. The second-order valence-electron chi connectivity index (χ2n) is 4.00. The number of aromatic nitrogens is 4. The minimum Gasteiger partial charge on any atom is -0.479 e. The number of thiophene rings is 1. The zero-order valence-electron chi connectivity index (χ0n) is 11.0. The lowest BCUT2D eigenvalue weighted by molar-refractivity contribution is 0.0912. The fourth-order valence-corrected chi connectivity index (χ4v) is 2.26. The maximum atomic E-state index is 11.8. The van der Waals surface area contributed by atoms with E-state index in [1.165, 1.54) is 13.2 Å². The molecule has 0 aliphatic heterocycles. The number of amides is 1. The number of H-pyrrole nitrogens is 1. The lowest BCUT2D eigenvalue weighted by atomic mass is 10.4. The molecule has 3 rings (SSSR count). The maximum absolute atomic E-state index is 11.8. The summed E-state index contributed by atoms with van der Waals surface area (Å²) in [4.78, 5) is 17.1. The van der Waals surface area contributed by atoms with Gasteiger partial charge in [0.2, 0.25) is 5.76 Å². The average molecular weight is 305 g/mol. The number of hydrogen-bond donors (Lipinski definition) is 2. The standard InChI is InChI=1S/C12H11N5O3S/c1-19-10-5-7(20-17-10)12(18)13-6-9-14-11(16-15-9)8-3-2-4-21-8/h2-5H,6H2,1H3,(H,13,18)(H,14,15,16). The van der Waals surface area contributed by atoms with Gasteiger partial charge in [0.15, 0.2) is 5.82 Å². The molecule has 0 bridgehead atoms. The second kappa shape index (κ2) is 5.75. The number of hydrogen-bond acceptors (Lipinski definition) is 7. The molecule has 0 aromatic carbocycles. The van der Waals surface area contributed by atoms with Crippen LogP contribution >= 0.6 is 11.3 Å². The van der Waals surface area contributed by atoms with Crippen LogP contribution in [0.15, 0.2) is 28.1 Å². The highest BCUT2D eigenvalue weighted by Crippen LogP contribution is 2.20. The normalized spacial score (nSPS) is 10.5. The van der Waals surface area contributed by atoms with Crippen LogP contribution in [0.5, 0.6) is 5.88 Å². The highest BCUT2D eigenvalue weighted by molar-refractivity contribution is 7.13. The number of ether oxygens (including phenoxy) is 1. The van der Waals surface area contributed by atoms with Crippen molar-refractivity contribution in [3.63, 3.8) is 0 Å². The van der Waals surface area contributed by atoms with Crippen LogP contribution in [0.25, 0.3) is 10.7 Å². The Morgan fingerprint density at radius 1 is 1.57 bits per heavy atom. The van der Waals surface area contributed by atoms with Gasteiger partial charge in [-0.2, -0.15) is 5.10 Å². The number of rotatable bonds is 5. The first kappa shape index (κ1) is 13.3. The van der Waals surface area contributed by atoms with Gasteiger partial charge in [0.25, 0.3) is 11.8 Å². The molecule has 0 atom stereocenters. The predicted octanol–water partition coefficient (Wildman–Crippen LogP) is 1.46. The van der Waals surface area contributed by atoms with Gasteiger partial charge in [0.05, 0.1) is 24.6 Å². The highest BCUT2D eigenvalue weighted by atomic mass is 32.1. The van der Waals surface area contributed by atoms with Crippen LogP contribution < -0.4 is 10.1 Å². The molecule has 3 aromatic rings. The number of carbonyl (C=O) groups is 1. The first-order valence-electron chi connectivity index (χ1n) is 6.00. The van der Waals surface area contributed by atoms with Crippen molar-refractivity contribution >= 4 is 17.2 Å². The molecule has 8 nitrogen and oxygen atoms in total. The molecule has 2 N–H and O–H groups in total. The van der Waals surface area contributed by atoms with Crippen molar-refractivity contribution in [1.29, 1.82) is 0 Å². The van der Waals surface area contributed by atoms with E-state index in [4.69, 9.17) is 9.26 Å². The molecule has 9 heteroatoms. The van der Waals surface area contributed by atoms with Gasteiger partial charge in [0.1, 0.15) is 5.82 Å². The Kier molecular flexibility index (Phi) is 3.65. The molecule has 0 spiro atoms. The minimum atomic E-state index is -0.403. The molecule has 0 aliphatic rings. The molecule has 3 heterocycles. The molecule has 108 valence electrons. The number of aromatic amines is 1. The van der Waals surface area contributed by atoms with E-state index in [1.54, 1.807) is 11.3 Å². The summed E-state index contributed by atoms with van der Waals surface area (Å²) < 4.78 is 9.68. The lowest BCUT2D eigenvalue weighted by Crippen LogP contribution is -2.22. The maximum Gasteiger partial charge on any atom is 0.290 e. The van der Waals surface area contributed by atoms with Gasteiger partial charge >= 0.3 is 0 Å². The molecule has 3 aromatic heterocycles. The Hall–Kier alpha value is -2.68. The fraction of sp³-hybridized carbons (Fsp3) is 0.167. The zero-order valence-corrected chi connectivity index (χ0v) is 11.8. The Morgan fingerprint density at radius 2 is 2.48 bits per heavy atom. The van der Waals surface area contributed by atoms with E-state index in [2.05, 4.69) is 25.7 Å². The van der Waals surface area contributed by atoms with E-state index in [9.17, 15) is 4.79 Å². The van der Waals surface area contributed by atoms with Crippen LogP contribution in [0.4, 0.5) is 0 Å². The predicted molar refractivity (Wildman–Crippen MR) is 73.9 cm³/mol. The molecule has 21 heavy (non-hydrogen) atoms. The molecule has 0 fully saturated rings. The van der Waals surface area contributed by atoms with Gasteiger partial charge in [-0.25, -0.2) is 4.98 Å². The summed E-state index contributed by atoms with van der Waals surface area (Å²) in [5, 5.41) is 15.0. The number of methoxy groups -OCH3 is 1. The zero-order chi connectivity index (χ0) is 14.7. The molecule has 0 radical (unpaired) electrons. The summed E-state index contributed by atoms with van der Waals surface area (Å²) in [5.74, 6) is 1.08. The topological polar surface area (TPSA) is 106 Å². The van der Waals surface area contributed by atoms with Gasteiger partial charge in [-0.15, -0.1) is 11.3 Å². The van der Waals surface area contributed by atoms with E-state index in [-0.39, 0.29) is 18.2 Å². The molecular formula is C12H11N5O3S. The third-order valence-corrected chi connectivity index (χ3v) is 3.48. The first-order chi connectivity index (χ1) is 10.3. The first-order valence-corrected chi connectivity index (χ1v) is 6.88. The molecule has 0 saturated heterocycles. The molecule has 0 aliphatic carbocycles. The lowest BCUT2D eigenvalue weighted by Gasteiger charge is -1.98. The summed E-state index contributed by atoms with van der Waals surface area (Å²) in [6.07, 6.45) is 0. The summed E-state index contributed by atoms with van der Waals surface area (Å²) in [6.45, 7) is 0.209. The minimum absolute atomic E-state index is 0.0739. The van der Waals surface area contributed by atoms with Crippen LogP contribution in [0.1, 0.15) is 16.4 Å². The second-order valence-corrected chi connectivity index (χ2v) is 4.95. The van der Waals surface area contributed by atoms with Crippen LogP contribution in [-0.4, -0.2) is 33.4 Å². The van der Waals surface area contributed by atoms with Crippen LogP contribution in [-0.2, 0) is 6.54 Å². The average Bonchev–Trinajstić information content (AvgIpc) is 3.24. The Balaban J connectivity index is 1.61. The van der Waals surface area contributed by atoms with Crippen LogP contribution in [0.2, 0.25) is 0 Å². The van der Waals surface area contributed by atoms with Crippen molar-refractivity contribution in [2.75, 3.05) is 7.11 Å².